The van der Waals surface area contributed by atoms with E-state index in [1.807, 2.05) is 12.3 Å². The lowest BCUT2D eigenvalue weighted by Gasteiger charge is -2.68. The highest BCUT2D eigenvalue weighted by Crippen LogP contribution is 2.71. The summed E-state index contributed by atoms with van der Waals surface area (Å²) < 4.78 is 6.12. The largest absolute Gasteiger partial charge is 0.469 e. The Morgan fingerprint density at radius 3 is 2.67 bits per heavy atom. The average molecular weight is 306 g/mol. The molecule has 110 valence electrons. The van der Waals surface area contributed by atoms with Crippen LogP contribution in [-0.2, 0) is 15.1 Å². The van der Waals surface area contributed by atoms with Crippen LogP contribution in [0.2, 0.25) is 0 Å². The molecule has 0 unspecified atom stereocenters. The highest BCUT2D eigenvalue weighted by molar-refractivity contribution is 7.16. The van der Waals surface area contributed by atoms with Crippen molar-refractivity contribution in [3.05, 3.63) is 31.8 Å². The normalized spacial score (nSPS) is 29.8. The molecule has 0 amide bonds. The molecule has 0 spiro atoms. The van der Waals surface area contributed by atoms with Crippen molar-refractivity contribution in [1.29, 1.82) is 0 Å². The summed E-state index contributed by atoms with van der Waals surface area (Å²) in [5.41, 5.74) is -0.724. The first-order chi connectivity index (χ1) is 9.92. The lowest BCUT2D eigenvalue weighted by atomic mass is 9.39. The maximum absolute atomic E-state index is 12.7. The summed E-state index contributed by atoms with van der Waals surface area (Å²) in [6.07, 6.45) is 1.55. The highest BCUT2D eigenvalue weighted by atomic mass is 32.1. The quantitative estimate of drug-likeness (QED) is 0.843. The lowest BCUT2D eigenvalue weighted by molar-refractivity contribution is -0.218. The van der Waals surface area contributed by atoms with Gasteiger partial charge < -0.3 is 4.74 Å². The summed E-state index contributed by atoms with van der Waals surface area (Å²) in [7, 11) is 1.37. The van der Waals surface area contributed by atoms with E-state index in [0.29, 0.717) is 29.5 Å². The van der Waals surface area contributed by atoms with Crippen molar-refractivity contribution in [3.8, 4) is 0 Å². The molecule has 7 heteroatoms. The van der Waals surface area contributed by atoms with Gasteiger partial charge in [-0.15, -0.1) is 11.3 Å². The molecule has 1 N–H and O–H groups in total. The number of methoxy groups -OCH3 is 1. The second-order valence-corrected chi connectivity index (χ2v) is 7.10. The molecule has 21 heavy (non-hydrogen) atoms. The molecule has 0 saturated heterocycles. The van der Waals surface area contributed by atoms with Crippen molar-refractivity contribution in [2.45, 2.75) is 31.7 Å². The highest BCUT2D eigenvalue weighted by Gasteiger charge is 2.74. The second-order valence-electron chi connectivity index (χ2n) is 6.22. The molecule has 0 atom stereocenters. The Balaban J connectivity index is 1.84. The molecule has 3 aliphatic carbocycles. The molecule has 0 radical (unpaired) electrons. The summed E-state index contributed by atoms with van der Waals surface area (Å²) >= 11 is 1.36. The van der Waals surface area contributed by atoms with Crippen LogP contribution in [-0.4, -0.2) is 22.6 Å². The number of aryl methyl sites for hydroxylation is 1. The molecule has 3 fully saturated rings. The minimum atomic E-state index is -0.499. The van der Waals surface area contributed by atoms with Gasteiger partial charge >= 0.3 is 11.7 Å². The Morgan fingerprint density at radius 1 is 1.38 bits per heavy atom. The minimum absolute atomic E-state index is 0.235. The van der Waals surface area contributed by atoms with Gasteiger partial charge in [0.2, 0.25) is 0 Å². The molecule has 2 bridgehead atoms. The molecule has 5 rings (SSSR count). The summed E-state index contributed by atoms with van der Waals surface area (Å²) in [5.74, 6) is -0.235. The van der Waals surface area contributed by atoms with E-state index in [0.717, 1.165) is 5.56 Å². The molecule has 3 aliphatic rings. The fraction of sp³-hybridized carbons (Fsp3) is 0.500. The van der Waals surface area contributed by atoms with Crippen LogP contribution in [0.25, 0.3) is 10.2 Å². The average Bonchev–Trinajstić information content (AvgIpc) is 2.71. The van der Waals surface area contributed by atoms with Gasteiger partial charge in [-0.1, -0.05) is 0 Å². The van der Waals surface area contributed by atoms with Gasteiger partial charge in [-0.2, -0.15) is 0 Å². The van der Waals surface area contributed by atoms with Crippen LogP contribution in [0.5, 0.6) is 0 Å². The van der Waals surface area contributed by atoms with E-state index in [2.05, 4.69) is 4.98 Å². The third-order valence-electron chi connectivity index (χ3n) is 4.91. The molecule has 2 aromatic heterocycles. The fourth-order valence-corrected chi connectivity index (χ4v) is 4.92. The van der Waals surface area contributed by atoms with Crippen molar-refractivity contribution < 1.29 is 9.53 Å². The van der Waals surface area contributed by atoms with E-state index in [1.165, 1.54) is 23.0 Å². The van der Waals surface area contributed by atoms with E-state index in [1.54, 1.807) is 0 Å². The van der Waals surface area contributed by atoms with E-state index in [-0.39, 0.29) is 17.2 Å². The number of carbonyl (C=O) groups is 1. The van der Waals surface area contributed by atoms with Crippen molar-refractivity contribution in [2.75, 3.05) is 7.11 Å². The van der Waals surface area contributed by atoms with Crippen molar-refractivity contribution in [1.82, 2.24) is 9.55 Å². The van der Waals surface area contributed by atoms with Crippen molar-refractivity contribution in [3.63, 3.8) is 0 Å². The predicted molar refractivity (Wildman–Crippen MR) is 77.7 cm³/mol. The van der Waals surface area contributed by atoms with Crippen molar-refractivity contribution in [2.24, 2.45) is 5.41 Å². The zero-order valence-electron chi connectivity index (χ0n) is 11.7. The van der Waals surface area contributed by atoms with Crippen LogP contribution in [0.4, 0.5) is 0 Å². The number of H-pyrrole nitrogens is 1. The van der Waals surface area contributed by atoms with Crippen LogP contribution >= 0.6 is 11.3 Å². The number of thiophene rings is 1. The monoisotopic (exact) mass is 306 g/mol. The molecule has 3 saturated carbocycles. The Labute approximate surface area is 123 Å². The van der Waals surface area contributed by atoms with Crippen LogP contribution in [0.1, 0.15) is 24.8 Å². The first kappa shape index (κ1) is 12.8. The standard InChI is InChI=1S/C14H14N2O4S/c1-7-3-21-9-8(7)10(17)16(12(19)15-9)14-4-13(5-14,6-14)11(18)20-2/h3H,4-6H2,1-2H3,(H,15,19). The van der Waals surface area contributed by atoms with Crippen molar-refractivity contribution >= 4 is 27.5 Å². The number of rotatable bonds is 2. The molecule has 0 aliphatic heterocycles. The van der Waals surface area contributed by atoms with Gasteiger partial charge in [0.15, 0.2) is 0 Å². The molecular weight excluding hydrogens is 292 g/mol. The van der Waals surface area contributed by atoms with Gasteiger partial charge in [0.05, 0.1) is 23.4 Å². The van der Waals surface area contributed by atoms with E-state index in [4.69, 9.17) is 4.74 Å². The second kappa shape index (κ2) is 3.65. The number of nitrogens with zero attached hydrogens (tertiary/aromatic N) is 1. The first-order valence-corrected chi connectivity index (χ1v) is 7.63. The Bertz CT molecular complexity index is 884. The van der Waals surface area contributed by atoms with Crippen LogP contribution < -0.4 is 11.2 Å². The van der Waals surface area contributed by atoms with Gasteiger partial charge in [0.1, 0.15) is 4.83 Å². The van der Waals surface area contributed by atoms with Crippen LogP contribution in [0.3, 0.4) is 0 Å². The first-order valence-electron chi connectivity index (χ1n) is 6.75. The zero-order valence-corrected chi connectivity index (χ0v) is 12.5. The Hall–Kier alpha value is -1.89. The van der Waals surface area contributed by atoms with Crippen LogP contribution in [0.15, 0.2) is 15.0 Å². The Morgan fingerprint density at radius 2 is 2.05 bits per heavy atom. The molecule has 6 nitrogen and oxygen atoms in total. The van der Waals surface area contributed by atoms with E-state index < -0.39 is 11.0 Å². The summed E-state index contributed by atoms with van der Waals surface area (Å²) in [4.78, 5) is 40.1. The third-order valence-corrected chi connectivity index (χ3v) is 5.92. The number of hydrogen-bond donors (Lipinski definition) is 1. The topological polar surface area (TPSA) is 81.2 Å². The molecular formula is C14H14N2O4S. The summed E-state index contributed by atoms with van der Waals surface area (Å²) in [5, 5.41) is 2.45. The fourth-order valence-electron chi connectivity index (χ4n) is 3.99. The molecule has 0 aromatic carbocycles. The number of aromatic amines is 1. The van der Waals surface area contributed by atoms with Gasteiger partial charge in [0.25, 0.3) is 5.56 Å². The number of carbonyl (C=O) groups excluding carboxylic acids is 1. The minimum Gasteiger partial charge on any atom is -0.469 e. The molecule has 2 heterocycles. The number of hydrogen-bond acceptors (Lipinski definition) is 5. The maximum Gasteiger partial charge on any atom is 0.329 e. The number of ether oxygens (including phenoxy) is 1. The summed E-state index contributed by atoms with van der Waals surface area (Å²) in [6.45, 7) is 1.86. The lowest BCUT2D eigenvalue weighted by Crippen LogP contribution is -2.74. The predicted octanol–water partition coefficient (Wildman–Crippen LogP) is 1.11. The maximum atomic E-state index is 12.7. The number of aromatic nitrogens is 2. The molecule has 2 aromatic rings. The van der Waals surface area contributed by atoms with Gasteiger partial charge in [-0.3, -0.25) is 19.1 Å². The zero-order chi connectivity index (χ0) is 15.0. The van der Waals surface area contributed by atoms with Gasteiger partial charge in [-0.05, 0) is 37.1 Å². The summed E-state index contributed by atoms with van der Waals surface area (Å²) in [6, 6.07) is 0. The smallest absolute Gasteiger partial charge is 0.329 e. The van der Waals surface area contributed by atoms with Gasteiger partial charge in [-0.25, -0.2) is 4.79 Å². The SMILES string of the molecule is COC(=O)C12CC(n3c(=O)[nH]c4scc(C)c4c3=O)(C1)C2. The third kappa shape index (κ3) is 1.35. The van der Waals surface area contributed by atoms with Gasteiger partial charge in [0, 0.05) is 0 Å². The number of nitrogens with one attached hydrogen (secondary N) is 1. The number of fused-ring (bicyclic) bond motifs is 1. The van der Waals surface area contributed by atoms with Crippen LogP contribution in [0, 0.1) is 12.3 Å². The Kier molecular flexibility index (Phi) is 2.23. The van der Waals surface area contributed by atoms with E-state index >= 15 is 0 Å². The van der Waals surface area contributed by atoms with E-state index in [9.17, 15) is 14.4 Å². The number of esters is 1.